The molecule has 0 saturated carbocycles. The molecular weight excluding hydrogens is 390 g/mol. The summed E-state index contributed by atoms with van der Waals surface area (Å²) in [6.45, 7) is 0. The molecule has 5 N–H and O–H groups in total. The summed E-state index contributed by atoms with van der Waals surface area (Å²) in [4.78, 5) is 39.0. The lowest BCUT2D eigenvalue weighted by molar-refractivity contribution is -0.122. The lowest BCUT2D eigenvalue weighted by Crippen LogP contribution is -2.44. The molecule has 0 aliphatic rings. The molecule has 0 aliphatic heterocycles. The zero-order valence-corrected chi connectivity index (χ0v) is 14.6. The van der Waals surface area contributed by atoms with Gasteiger partial charge in [-0.2, -0.15) is 0 Å². The fraction of sp³-hybridized carbons (Fsp3) is 0.125. The first-order chi connectivity index (χ1) is 12.0. The van der Waals surface area contributed by atoms with Gasteiger partial charge in [-0.15, -0.1) is 0 Å². The lowest BCUT2D eigenvalue weighted by atomic mass is 10.0. The fourth-order valence-corrected chi connectivity index (χ4v) is 2.50. The number of hydrogen-bond acceptors (Lipinski definition) is 4. The Kier molecular flexibility index (Phi) is 6.47. The Balaban J connectivity index is 1.97. The van der Waals surface area contributed by atoms with Gasteiger partial charge in [0.1, 0.15) is 0 Å². The van der Waals surface area contributed by atoms with Gasteiger partial charge in [-0.3, -0.25) is 25.4 Å². The number of carbonyl (C=O) groups excluding carboxylic acids is 3. The van der Waals surface area contributed by atoms with E-state index in [1.54, 1.807) is 18.2 Å². The normalized spacial score (nSPS) is 11.2. The SMILES string of the molecule is NC(=O)N[C@@H](CC(=O)NNC(=O)c1ccncc1)c1cccc(Br)c1. The van der Waals surface area contributed by atoms with E-state index >= 15 is 0 Å². The molecular formula is C16H16BrN5O3. The van der Waals surface area contributed by atoms with Crippen molar-refractivity contribution >= 4 is 33.8 Å². The van der Waals surface area contributed by atoms with Gasteiger partial charge in [0.25, 0.3) is 5.91 Å². The van der Waals surface area contributed by atoms with Crippen LogP contribution in [0.4, 0.5) is 4.79 Å². The number of primary amides is 1. The summed E-state index contributed by atoms with van der Waals surface area (Å²) in [6, 6.07) is 8.77. The van der Waals surface area contributed by atoms with E-state index in [1.165, 1.54) is 24.5 Å². The van der Waals surface area contributed by atoms with E-state index in [-0.39, 0.29) is 6.42 Å². The standard InChI is InChI=1S/C16H16BrN5O3/c17-12-3-1-2-11(8-12)13(20-16(18)25)9-14(23)21-22-15(24)10-4-6-19-7-5-10/h1-8,13H,9H2,(H,21,23)(H,22,24)(H3,18,20,25)/t13-/m0/s1. The zero-order valence-electron chi connectivity index (χ0n) is 13.0. The number of aromatic nitrogens is 1. The predicted octanol–water partition coefficient (Wildman–Crippen LogP) is 1.40. The van der Waals surface area contributed by atoms with Crippen molar-refractivity contribution in [3.05, 3.63) is 64.4 Å². The van der Waals surface area contributed by atoms with Crippen LogP contribution in [0, 0.1) is 0 Å². The molecule has 1 atom stereocenters. The first-order valence-corrected chi connectivity index (χ1v) is 8.05. The average molecular weight is 406 g/mol. The zero-order chi connectivity index (χ0) is 18.2. The molecule has 9 heteroatoms. The molecule has 2 aromatic rings. The predicted molar refractivity (Wildman–Crippen MR) is 94.1 cm³/mol. The highest BCUT2D eigenvalue weighted by Crippen LogP contribution is 2.20. The van der Waals surface area contributed by atoms with Gasteiger partial charge in [-0.05, 0) is 29.8 Å². The molecule has 2 rings (SSSR count). The molecule has 130 valence electrons. The van der Waals surface area contributed by atoms with E-state index < -0.39 is 23.9 Å². The van der Waals surface area contributed by atoms with E-state index in [1.807, 2.05) is 6.07 Å². The van der Waals surface area contributed by atoms with Gasteiger partial charge in [0.05, 0.1) is 12.5 Å². The van der Waals surface area contributed by atoms with Gasteiger partial charge in [-0.25, -0.2) is 4.79 Å². The Hall–Kier alpha value is -2.94. The van der Waals surface area contributed by atoms with Crippen LogP contribution in [0.3, 0.4) is 0 Å². The van der Waals surface area contributed by atoms with Gasteiger partial charge in [-0.1, -0.05) is 28.1 Å². The fourth-order valence-electron chi connectivity index (χ4n) is 2.09. The van der Waals surface area contributed by atoms with Crippen molar-refractivity contribution in [2.45, 2.75) is 12.5 Å². The first kappa shape index (κ1) is 18.4. The van der Waals surface area contributed by atoms with Crippen molar-refractivity contribution in [1.29, 1.82) is 0 Å². The number of nitrogens with one attached hydrogen (secondary N) is 3. The summed E-state index contributed by atoms with van der Waals surface area (Å²) >= 11 is 3.33. The molecule has 0 saturated heterocycles. The van der Waals surface area contributed by atoms with Crippen LogP contribution in [0.5, 0.6) is 0 Å². The van der Waals surface area contributed by atoms with Gasteiger partial charge in [0, 0.05) is 22.4 Å². The average Bonchev–Trinajstić information content (AvgIpc) is 2.59. The summed E-state index contributed by atoms with van der Waals surface area (Å²) < 4.78 is 0.799. The van der Waals surface area contributed by atoms with Crippen LogP contribution in [0.25, 0.3) is 0 Å². The maximum Gasteiger partial charge on any atom is 0.312 e. The summed E-state index contributed by atoms with van der Waals surface area (Å²) in [5.41, 5.74) is 10.8. The molecule has 4 amide bonds. The number of carbonyl (C=O) groups is 3. The van der Waals surface area contributed by atoms with Crippen LogP contribution in [-0.2, 0) is 4.79 Å². The van der Waals surface area contributed by atoms with Crippen molar-refractivity contribution in [3.63, 3.8) is 0 Å². The Labute approximate surface area is 152 Å². The summed E-state index contributed by atoms with van der Waals surface area (Å²) in [6.07, 6.45) is 2.84. The number of hydrogen-bond donors (Lipinski definition) is 4. The Morgan fingerprint density at radius 3 is 2.48 bits per heavy atom. The number of nitrogens with two attached hydrogens (primary N) is 1. The van der Waals surface area contributed by atoms with Gasteiger partial charge in [0.2, 0.25) is 5.91 Å². The van der Waals surface area contributed by atoms with Gasteiger partial charge >= 0.3 is 6.03 Å². The summed E-state index contributed by atoms with van der Waals surface area (Å²) in [5, 5.41) is 2.51. The van der Waals surface area contributed by atoms with E-state index in [9.17, 15) is 14.4 Å². The van der Waals surface area contributed by atoms with Crippen molar-refractivity contribution < 1.29 is 14.4 Å². The van der Waals surface area contributed by atoms with Crippen molar-refractivity contribution in [3.8, 4) is 0 Å². The number of pyridine rings is 1. The molecule has 0 spiro atoms. The number of amides is 4. The van der Waals surface area contributed by atoms with Crippen molar-refractivity contribution in [2.24, 2.45) is 5.73 Å². The third-order valence-electron chi connectivity index (χ3n) is 3.22. The second-order valence-electron chi connectivity index (χ2n) is 5.06. The summed E-state index contributed by atoms with van der Waals surface area (Å²) in [5.74, 6) is -0.959. The molecule has 1 aromatic carbocycles. The minimum Gasteiger partial charge on any atom is -0.352 e. The number of nitrogens with zero attached hydrogens (tertiary/aromatic N) is 1. The van der Waals surface area contributed by atoms with E-state index in [0.29, 0.717) is 11.1 Å². The Morgan fingerprint density at radius 1 is 1.12 bits per heavy atom. The monoisotopic (exact) mass is 405 g/mol. The maximum atomic E-state index is 12.1. The van der Waals surface area contributed by atoms with E-state index in [4.69, 9.17) is 5.73 Å². The van der Waals surface area contributed by atoms with Crippen molar-refractivity contribution in [1.82, 2.24) is 21.2 Å². The molecule has 0 aliphatic carbocycles. The molecule has 1 heterocycles. The van der Waals surface area contributed by atoms with Crippen LogP contribution in [0.1, 0.15) is 28.4 Å². The van der Waals surface area contributed by atoms with Gasteiger partial charge < -0.3 is 11.1 Å². The summed E-state index contributed by atoms with van der Waals surface area (Å²) in [7, 11) is 0. The third-order valence-corrected chi connectivity index (χ3v) is 3.71. The number of hydrazine groups is 1. The highest BCUT2D eigenvalue weighted by molar-refractivity contribution is 9.10. The van der Waals surface area contributed by atoms with Crippen LogP contribution in [0.15, 0.2) is 53.3 Å². The molecule has 8 nitrogen and oxygen atoms in total. The van der Waals surface area contributed by atoms with Crippen LogP contribution in [0.2, 0.25) is 0 Å². The first-order valence-electron chi connectivity index (χ1n) is 7.26. The Morgan fingerprint density at radius 2 is 1.84 bits per heavy atom. The number of urea groups is 1. The molecule has 25 heavy (non-hydrogen) atoms. The largest absolute Gasteiger partial charge is 0.352 e. The minimum atomic E-state index is -0.751. The van der Waals surface area contributed by atoms with E-state index in [0.717, 1.165) is 4.47 Å². The lowest BCUT2D eigenvalue weighted by Gasteiger charge is -2.18. The van der Waals surface area contributed by atoms with Gasteiger partial charge in [0.15, 0.2) is 0 Å². The second kappa shape index (κ2) is 8.78. The van der Waals surface area contributed by atoms with Crippen LogP contribution in [-0.4, -0.2) is 22.8 Å². The molecule has 0 bridgehead atoms. The number of benzene rings is 1. The smallest absolute Gasteiger partial charge is 0.312 e. The quantitative estimate of drug-likeness (QED) is 0.560. The molecule has 0 unspecified atom stereocenters. The highest BCUT2D eigenvalue weighted by Gasteiger charge is 2.18. The maximum absolute atomic E-state index is 12.1. The van der Waals surface area contributed by atoms with Crippen molar-refractivity contribution in [2.75, 3.05) is 0 Å². The highest BCUT2D eigenvalue weighted by atomic mass is 79.9. The number of halogens is 1. The minimum absolute atomic E-state index is 0.101. The molecule has 0 fully saturated rings. The third kappa shape index (κ3) is 5.88. The second-order valence-corrected chi connectivity index (χ2v) is 5.97. The Bertz CT molecular complexity index is 769. The molecule has 1 aromatic heterocycles. The van der Waals surface area contributed by atoms with Crippen LogP contribution >= 0.6 is 15.9 Å². The number of rotatable bonds is 5. The molecule has 0 radical (unpaired) electrons. The topological polar surface area (TPSA) is 126 Å². The van der Waals surface area contributed by atoms with Crippen LogP contribution < -0.4 is 21.9 Å². The van der Waals surface area contributed by atoms with E-state index in [2.05, 4.69) is 37.1 Å².